The molecule has 5 nitrogen and oxygen atoms in total. The van der Waals surface area contributed by atoms with Gasteiger partial charge in [0.1, 0.15) is 17.4 Å². The van der Waals surface area contributed by atoms with E-state index in [1.54, 1.807) is 29.0 Å². The molecule has 21 heavy (non-hydrogen) atoms. The predicted octanol–water partition coefficient (Wildman–Crippen LogP) is 2.76. The SMILES string of the molecule is N#Cc1c(OCOCc2ccccc2)ccn2nccc12. The Labute approximate surface area is 122 Å². The summed E-state index contributed by atoms with van der Waals surface area (Å²) >= 11 is 0. The van der Waals surface area contributed by atoms with Gasteiger partial charge in [0.25, 0.3) is 0 Å². The zero-order chi connectivity index (χ0) is 14.5. The fourth-order valence-corrected chi connectivity index (χ4v) is 2.05. The molecule has 104 valence electrons. The number of pyridine rings is 1. The fourth-order valence-electron chi connectivity index (χ4n) is 2.05. The minimum atomic E-state index is 0.0912. The van der Waals surface area contributed by atoms with Gasteiger partial charge >= 0.3 is 0 Å². The molecule has 5 heteroatoms. The maximum Gasteiger partial charge on any atom is 0.189 e. The first kappa shape index (κ1) is 13.2. The van der Waals surface area contributed by atoms with E-state index in [2.05, 4.69) is 11.2 Å². The molecule has 0 aliphatic heterocycles. The molecule has 0 spiro atoms. The summed E-state index contributed by atoms with van der Waals surface area (Å²) in [6.07, 6.45) is 3.40. The molecule has 0 fully saturated rings. The van der Waals surface area contributed by atoms with Gasteiger partial charge in [0.15, 0.2) is 6.79 Å². The molecular weight excluding hydrogens is 266 g/mol. The van der Waals surface area contributed by atoms with E-state index in [1.165, 1.54) is 0 Å². The van der Waals surface area contributed by atoms with Crippen LogP contribution in [0.4, 0.5) is 0 Å². The summed E-state index contributed by atoms with van der Waals surface area (Å²) in [7, 11) is 0. The largest absolute Gasteiger partial charge is 0.466 e. The van der Waals surface area contributed by atoms with E-state index < -0.39 is 0 Å². The van der Waals surface area contributed by atoms with E-state index in [-0.39, 0.29) is 6.79 Å². The normalized spacial score (nSPS) is 10.4. The van der Waals surface area contributed by atoms with E-state index in [1.807, 2.05) is 30.3 Å². The van der Waals surface area contributed by atoms with Crippen LogP contribution in [0.3, 0.4) is 0 Å². The van der Waals surface area contributed by atoms with Gasteiger partial charge in [-0.15, -0.1) is 0 Å². The number of rotatable bonds is 5. The fraction of sp³-hybridized carbons (Fsp3) is 0.125. The van der Waals surface area contributed by atoms with Crippen molar-refractivity contribution < 1.29 is 9.47 Å². The lowest BCUT2D eigenvalue weighted by atomic mass is 10.2. The van der Waals surface area contributed by atoms with Crippen molar-refractivity contribution in [2.24, 2.45) is 0 Å². The zero-order valence-electron chi connectivity index (χ0n) is 11.3. The van der Waals surface area contributed by atoms with Gasteiger partial charge in [-0.3, -0.25) is 0 Å². The van der Waals surface area contributed by atoms with Crippen LogP contribution >= 0.6 is 0 Å². The van der Waals surface area contributed by atoms with Gasteiger partial charge in [0.05, 0.1) is 18.3 Å². The maximum atomic E-state index is 9.26. The molecule has 3 aromatic rings. The average molecular weight is 279 g/mol. The van der Waals surface area contributed by atoms with Crippen LogP contribution in [-0.2, 0) is 11.3 Å². The summed E-state index contributed by atoms with van der Waals surface area (Å²) in [5.74, 6) is 0.499. The maximum absolute atomic E-state index is 9.26. The van der Waals surface area contributed by atoms with Crippen LogP contribution < -0.4 is 4.74 Å². The van der Waals surface area contributed by atoms with Crippen LogP contribution in [0, 0.1) is 11.3 Å². The first-order valence-electron chi connectivity index (χ1n) is 6.49. The number of hydrogen-bond donors (Lipinski definition) is 0. The number of hydrogen-bond acceptors (Lipinski definition) is 4. The number of benzene rings is 1. The predicted molar refractivity (Wildman–Crippen MR) is 76.6 cm³/mol. The Kier molecular flexibility index (Phi) is 3.81. The molecule has 0 amide bonds. The third kappa shape index (κ3) is 2.86. The quantitative estimate of drug-likeness (QED) is 0.532. The van der Waals surface area contributed by atoms with Gasteiger partial charge in [0.2, 0.25) is 0 Å². The minimum absolute atomic E-state index is 0.0912. The van der Waals surface area contributed by atoms with E-state index in [4.69, 9.17) is 9.47 Å². The Hall–Kier alpha value is -2.84. The van der Waals surface area contributed by atoms with E-state index in [0.29, 0.717) is 17.9 Å². The molecule has 0 N–H and O–H groups in total. The summed E-state index contributed by atoms with van der Waals surface area (Å²) in [5.41, 5.74) is 2.25. The number of ether oxygens (including phenoxy) is 2. The lowest BCUT2D eigenvalue weighted by molar-refractivity contribution is 0.00491. The molecule has 0 saturated heterocycles. The number of nitrogens with zero attached hydrogens (tertiary/aromatic N) is 3. The number of fused-ring (bicyclic) bond motifs is 1. The van der Waals surface area contributed by atoms with Crippen molar-refractivity contribution in [1.82, 2.24) is 9.61 Å². The zero-order valence-corrected chi connectivity index (χ0v) is 11.3. The smallest absolute Gasteiger partial charge is 0.189 e. The molecular formula is C16H13N3O2. The summed E-state index contributed by atoms with van der Waals surface area (Å²) in [5, 5.41) is 13.3. The summed E-state index contributed by atoms with van der Waals surface area (Å²) in [6, 6.07) is 15.5. The standard InChI is InChI=1S/C16H13N3O2/c17-10-14-15-6-8-18-19(15)9-7-16(14)21-12-20-11-13-4-2-1-3-5-13/h1-9H,11-12H2. The van der Waals surface area contributed by atoms with Gasteiger partial charge in [-0.2, -0.15) is 10.4 Å². The van der Waals surface area contributed by atoms with Gasteiger partial charge in [0, 0.05) is 12.3 Å². The van der Waals surface area contributed by atoms with E-state index in [9.17, 15) is 5.26 Å². The Balaban J connectivity index is 1.64. The monoisotopic (exact) mass is 279 g/mol. The first-order valence-corrected chi connectivity index (χ1v) is 6.49. The second-order valence-corrected chi connectivity index (χ2v) is 4.42. The topological polar surface area (TPSA) is 59.5 Å². The second kappa shape index (κ2) is 6.07. The highest BCUT2D eigenvalue weighted by Gasteiger charge is 2.09. The number of aromatic nitrogens is 2. The summed E-state index contributed by atoms with van der Waals surface area (Å²) in [4.78, 5) is 0. The lowest BCUT2D eigenvalue weighted by Gasteiger charge is -2.09. The van der Waals surface area contributed by atoms with Gasteiger partial charge < -0.3 is 9.47 Å². The average Bonchev–Trinajstić information content (AvgIpc) is 3.00. The highest BCUT2D eigenvalue weighted by molar-refractivity contribution is 5.65. The molecule has 1 aromatic carbocycles. The van der Waals surface area contributed by atoms with E-state index >= 15 is 0 Å². The Morgan fingerprint density at radius 2 is 2.00 bits per heavy atom. The van der Waals surface area contributed by atoms with Crippen LogP contribution in [0.25, 0.3) is 5.52 Å². The Morgan fingerprint density at radius 1 is 1.14 bits per heavy atom. The molecule has 0 atom stereocenters. The van der Waals surface area contributed by atoms with Crippen molar-refractivity contribution in [2.75, 3.05) is 6.79 Å². The third-order valence-corrected chi connectivity index (χ3v) is 3.06. The molecule has 0 aliphatic rings. The van der Waals surface area contributed by atoms with Gasteiger partial charge in [-0.25, -0.2) is 4.52 Å². The Bertz CT molecular complexity index is 775. The molecule has 0 saturated carbocycles. The van der Waals surface area contributed by atoms with E-state index in [0.717, 1.165) is 11.1 Å². The third-order valence-electron chi connectivity index (χ3n) is 3.06. The molecule has 2 aromatic heterocycles. The molecule has 2 heterocycles. The highest BCUT2D eigenvalue weighted by Crippen LogP contribution is 2.22. The van der Waals surface area contributed by atoms with Crippen molar-refractivity contribution in [2.45, 2.75) is 6.61 Å². The van der Waals surface area contributed by atoms with Crippen LogP contribution in [-0.4, -0.2) is 16.4 Å². The van der Waals surface area contributed by atoms with Gasteiger partial charge in [-0.05, 0) is 11.6 Å². The minimum Gasteiger partial charge on any atom is -0.466 e. The van der Waals surface area contributed by atoms with Crippen molar-refractivity contribution in [3.8, 4) is 11.8 Å². The highest BCUT2D eigenvalue weighted by atomic mass is 16.7. The molecule has 3 rings (SSSR count). The lowest BCUT2D eigenvalue weighted by Crippen LogP contribution is -2.05. The van der Waals surface area contributed by atoms with Crippen LogP contribution in [0.5, 0.6) is 5.75 Å². The second-order valence-electron chi connectivity index (χ2n) is 4.42. The van der Waals surface area contributed by atoms with Crippen molar-refractivity contribution >= 4 is 5.52 Å². The van der Waals surface area contributed by atoms with Crippen LogP contribution in [0.15, 0.2) is 54.9 Å². The van der Waals surface area contributed by atoms with Crippen molar-refractivity contribution in [1.29, 1.82) is 5.26 Å². The van der Waals surface area contributed by atoms with Gasteiger partial charge in [-0.1, -0.05) is 30.3 Å². The van der Waals surface area contributed by atoms with Crippen molar-refractivity contribution in [3.63, 3.8) is 0 Å². The summed E-state index contributed by atoms with van der Waals surface area (Å²) in [6.45, 7) is 0.561. The molecule has 0 aliphatic carbocycles. The van der Waals surface area contributed by atoms with Crippen LogP contribution in [0.1, 0.15) is 11.1 Å². The Morgan fingerprint density at radius 3 is 2.81 bits per heavy atom. The molecule has 0 bridgehead atoms. The summed E-state index contributed by atoms with van der Waals surface area (Å²) < 4.78 is 12.6. The first-order chi connectivity index (χ1) is 10.4. The van der Waals surface area contributed by atoms with Crippen molar-refractivity contribution in [3.05, 3.63) is 66.0 Å². The number of nitriles is 1. The molecule has 0 unspecified atom stereocenters. The van der Waals surface area contributed by atoms with Crippen LogP contribution in [0.2, 0.25) is 0 Å². The molecule has 0 radical (unpaired) electrons.